The number of hydrogen-bond donors (Lipinski definition) is 2. The summed E-state index contributed by atoms with van der Waals surface area (Å²) in [5.74, 6) is 0. The molecule has 0 unspecified atom stereocenters. The van der Waals surface area contributed by atoms with Crippen LogP contribution in [0.1, 0.15) is 65.2 Å². The van der Waals surface area contributed by atoms with Crippen molar-refractivity contribution in [3.05, 3.63) is 0 Å². The molecular formula is C11H25NO2. The topological polar surface area (TPSA) is 63.3 Å². The Balaban J connectivity index is 0. The SMILES string of the molecule is CCCCCCCCCC.NC(=O)O. The lowest BCUT2D eigenvalue weighted by molar-refractivity contribution is 0.205. The molecule has 0 radical (unpaired) electrons. The van der Waals surface area contributed by atoms with Crippen molar-refractivity contribution in [1.29, 1.82) is 0 Å². The Bertz CT molecular complexity index is 104. The van der Waals surface area contributed by atoms with Crippen LogP contribution < -0.4 is 5.73 Å². The summed E-state index contributed by atoms with van der Waals surface area (Å²) in [6.45, 7) is 4.54. The number of hydrogen-bond acceptors (Lipinski definition) is 1. The Morgan fingerprint density at radius 3 is 1.36 bits per heavy atom. The van der Waals surface area contributed by atoms with Gasteiger partial charge in [0.15, 0.2) is 0 Å². The molecule has 1 amide bonds. The summed E-state index contributed by atoms with van der Waals surface area (Å²) in [7, 11) is 0. The van der Waals surface area contributed by atoms with Crippen LogP contribution in [-0.2, 0) is 0 Å². The molecule has 0 aliphatic heterocycles. The summed E-state index contributed by atoms with van der Waals surface area (Å²) < 4.78 is 0. The lowest BCUT2D eigenvalue weighted by Crippen LogP contribution is -2.03. The fourth-order valence-corrected chi connectivity index (χ4v) is 1.21. The van der Waals surface area contributed by atoms with Gasteiger partial charge in [0.25, 0.3) is 0 Å². The molecule has 0 aliphatic rings. The molecule has 0 aromatic heterocycles. The molecule has 0 aliphatic carbocycles. The fraction of sp³-hybridized carbons (Fsp3) is 0.909. The Labute approximate surface area is 87.7 Å². The molecule has 0 fully saturated rings. The number of unbranched alkanes of at least 4 members (excludes halogenated alkanes) is 7. The second-order valence-electron chi connectivity index (χ2n) is 3.46. The molecule has 0 aromatic rings. The molecule has 3 nitrogen and oxygen atoms in total. The first-order valence-corrected chi connectivity index (χ1v) is 5.63. The van der Waals surface area contributed by atoms with E-state index >= 15 is 0 Å². The highest BCUT2D eigenvalue weighted by molar-refractivity contribution is 5.61. The van der Waals surface area contributed by atoms with Crippen molar-refractivity contribution in [2.75, 3.05) is 0 Å². The highest BCUT2D eigenvalue weighted by atomic mass is 16.4. The Hall–Kier alpha value is -0.730. The molecule has 14 heavy (non-hydrogen) atoms. The van der Waals surface area contributed by atoms with Gasteiger partial charge in [-0.3, -0.25) is 0 Å². The van der Waals surface area contributed by atoms with Crippen LogP contribution >= 0.6 is 0 Å². The molecule has 0 spiro atoms. The third kappa shape index (κ3) is 30.2. The first-order valence-electron chi connectivity index (χ1n) is 5.63. The number of carboxylic acid groups (broad SMARTS) is 1. The second kappa shape index (κ2) is 14.8. The highest BCUT2D eigenvalue weighted by Crippen LogP contribution is 2.07. The minimum Gasteiger partial charge on any atom is -0.465 e. The zero-order valence-corrected chi connectivity index (χ0v) is 9.59. The van der Waals surface area contributed by atoms with E-state index in [1.807, 2.05) is 0 Å². The van der Waals surface area contributed by atoms with Crippen LogP contribution in [0.15, 0.2) is 0 Å². The predicted molar refractivity (Wildman–Crippen MR) is 60.5 cm³/mol. The van der Waals surface area contributed by atoms with Crippen LogP contribution in [0.25, 0.3) is 0 Å². The third-order valence-electron chi connectivity index (χ3n) is 1.96. The molecular weight excluding hydrogens is 178 g/mol. The van der Waals surface area contributed by atoms with E-state index in [1.165, 1.54) is 51.4 Å². The molecule has 0 atom stereocenters. The van der Waals surface area contributed by atoms with Gasteiger partial charge in [-0.05, 0) is 0 Å². The third-order valence-corrected chi connectivity index (χ3v) is 1.96. The van der Waals surface area contributed by atoms with Gasteiger partial charge in [-0.15, -0.1) is 0 Å². The largest absolute Gasteiger partial charge is 0.465 e. The Kier molecular flexibility index (Phi) is 16.6. The average Bonchev–Trinajstić information content (AvgIpc) is 2.10. The van der Waals surface area contributed by atoms with Crippen LogP contribution in [0.5, 0.6) is 0 Å². The van der Waals surface area contributed by atoms with E-state index in [-0.39, 0.29) is 0 Å². The second-order valence-corrected chi connectivity index (χ2v) is 3.46. The zero-order valence-electron chi connectivity index (χ0n) is 9.59. The van der Waals surface area contributed by atoms with E-state index in [0.29, 0.717) is 0 Å². The van der Waals surface area contributed by atoms with E-state index in [9.17, 15) is 0 Å². The van der Waals surface area contributed by atoms with Crippen molar-refractivity contribution in [3.8, 4) is 0 Å². The number of carbonyl (C=O) groups is 1. The smallest absolute Gasteiger partial charge is 0.402 e. The fourth-order valence-electron chi connectivity index (χ4n) is 1.21. The highest BCUT2D eigenvalue weighted by Gasteiger charge is 1.87. The quantitative estimate of drug-likeness (QED) is 0.618. The molecule has 0 saturated heterocycles. The van der Waals surface area contributed by atoms with Gasteiger partial charge in [-0.25, -0.2) is 4.79 Å². The van der Waals surface area contributed by atoms with Gasteiger partial charge in [-0.1, -0.05) is 65.2 Å². The monoisotopic (exact) mass is 203 g/mol. The van der Waals surface area contributed by atoms with Gasteiger partial charge in [0.1, 0.15) is 0 Å². The summed E-state index contributed by atoms with van der Waals surface area (Å²) >= 11 is 0. The van der Waals surface area contributed by atoms with E-state index in [2.05, 4.69) is 19.6 Å². The minimum atomic E-state index is -1.33. The van der Waals surface area contributed by atoms with E-state index < -0.39 is 6.09 Å². The zero-order chi connectivity index (χ0) is 11.2. The van der Waals surface area contributed by atoms with E-state index in [1.54, 1.807) is 0 Å². The summed E-state index contributed by atoms with van der Waals surface area (Å²) in [6.07, 6.45) is 10.1. The van der Waals surface area contributed by atoms with E-state index in [0.717, 1.165) is 0 Å². The van der Waals surface area contributed by atoms with Crippen molar-refractivity contribution >= 4 is 6.09 Å². The van der Waals surface area contributed by atoms with Gasteiger partial charge in [0.2, 0.25) is 0 Å². The van der Waals surface area contributed by atoms with Crippen molar-refractivity contribution in [3.63, 3.8) is 0 Å². The van der Waals surface area contributed by atoms with Crippen LogP contribution in [0.3, 0.4) is 0 Å². The number of primary amides is 1. The maximum atomic E-state index is 8.78. The normalized spacial score (nSPS) is 9.00. The van der Waals surface area contributed by atoms with Crippen molar-refractivity contribution in [2.24, 2.45) is 5.73 Å². The average molecular weight is 203 g/mol. The summed E-state index contributed by atoms with van der Waals surface area (Å²) in [4.78, 5) is 8.78. The molecule has 0 rings (SSSR count). The lowest BCUT2D eigenvalue weighted by Gasteiger charge is -1.97. The molecule has 3 heteroatoms. The standard InChI is InChI=1S/C10H22.CH3NO2/c1-3-5-7-9-10-8-6-4-2;2-1(3)4/h3-10H2,1-2H3;2H2,(H,3,4). The molecule has 0 bridgehead atoms. The summed E-state index contributed by atoms with van der Waals surface area (Å²) in [5, 5.41) is 7.19. The van der Waals surface area contributed by atoms with Gasteiger partial charge < -0.3 is 10.8 Å². The Morgan fingerprint density at radius 2 is 1.14 bits per heavy atom. The maximum absolute atomic E-state index is 8.78. The lowest BCUT2D eigenvalue weighted by atomic mass is 10.1. The molecule has 0 saturated carbocycles. The molecule has 3 N–H and O–H groups in total. The molecule has 0 heterocycles. The number of amides is 1. The van der Waals surface area contributed by atoms with Crippen molar-refractivity contribution in [2.45, 2.75) is 65.2 Å². The van der Waals surface area contributed by atoms with Crippen LogP contribution in [0.2, 0.25) is 0 Å². The van der Waals surface area contributed by atoms with Gasteiger partial charge in [-0.2, -0.15) is 0 Å². The van der Waals surface area contributed by atoms with Gasteiger partial charge >= 0.3 is 6.09 Å². The number of nitrogens with two attached hydrogens (primary N) is 1. The predicted octanol–water partition coefficient (Wildman–Crippen LogP) is 3.77. The van der Waals surface area contributed by atoms with Crippen molar-refractivity contribution < 1.29 is 9.90 Å². The van der Waals surface area contributed by atoms with Crippen LogP contribution in [0.4, 0.5) is 4.79 Å². The first-order chi connectivity index (χ1) is 6.65. The van der Waals surface area contributed by atoms with E-state index in [4.69, 9.17) is 9.90 Å². The summed E-state index contributed by atoms with van der Waals surface area (Å²) in [5.41, 5.74) is 4.03. The van der Waals surface area contributed by atoms with Gasteiger partial charge in [0, 0.05) is 0 Å². The van der Waals surface area contributed by atoms with Crippen LogP contribution in [0, 0.1) is 0 Å². The molecule has 86 valence electrons. The first kappa shape index (κ1) is 15.7. The maximum Gasteiger partial charge on any atom is 0.402 e. The minimum absolute atomic E-state index is 1.33. The molecule has 0 aromatic carbocycles. The van der Waals surface area contributed by atoms with Gasteiger partial charge in [0.05, 0.1) is 0 Å². The number of rotatable bonds is 7. The Morgan fingerprint density at radius 1 is 0.929 bits per heavy atom. The summed E-state index contributed by atoms with van der Waals surface area (Å²) in [6, 6.07) is 0. The van der Waals surface area contributed by atoms with Crippen LogP contribution in [-0.4, -0.2) is 11.2 Å². The van der Waals surface area contributed by atoms with Crippen molar-refractivity contribution in [1.82, 2.24) is 0 Å².